The summed E-state index contributed by atoms with van der Waals surface area (Å²) in [6.45, 7) is 10.5. The zero-order chi connectivity index (χ0) is 28.7. The Morgan fingerprint density at radius 2 is 1.68 bits per heavy atom. The van der Waals surface area contributed by atoms with Gasteiger partial charge in [0.2, 0.25) is 0 Å². The topological polar surface area (TPSA) is 52.6 Å². The first kappa shape index (κ1) is 29.5. The largest absolute Gasteiger partial charge is 0.416 e. The fourth-order valence-corrected chi connectivity index (χ4v) is 5.34. The molecule has 40 heavy (non-hydrogen) atoms. The zero-order valence-electron chi connectivity index (χ0n) is 21.8. The highest BCUT2D eigenvalue weighted by Crippen LogP contribution is 2.32. The van der Waals surface area contributed by atoms with Crippen molar-refractivity contribution in [2.75, 3.05) is 49.1 Å². The number of hydrogen-bond acceptors (Lipinski definition) is 6. The standard InChI is InChI=1S/C29H29ClF3N5OS/c1-3-12-37(13-4-2)26-19-25(30)34-28(35-26)40-20-21-8-10-22(11-9-21)27(39)38-16-14-36(15-17-38)24-7-5-6-23(18-24)29(31,32)33/h3-11,18-19H,1-2,12-17,20H2. The van der Waals surface area contributed by atoms with Gasteiger partial charge in [-0.3, -0.25) is 4.79 Å². The van der Waals surface area contributed by atoms with Crippen molar-refractivity contribution in [3.8, 4) is 0 Å². The average Bonchev–Trinajstić information content (AvgIpc) is 2.95. The van der Waals surface area contributed by atoms with Gasteiger partial charge in [-0.25, -0.2) is 9.97 Å². The number of piperazine rings is 1. The molecule has 1 aliphatic rings. The highest BCUT2D eigenvalue weighted by atomic mass is 35.5. The molecule has 0 aliphatic carbocycles. The number of carbonyl (C=O) groups excluding carboxylic acids is 1. The molecule has 1 fully saturated rings. The molecule has 1 saturated heterocycles. The van der Waals surface area contributed by atoms with Crippen LogP contribution >= 0.6 is 23.4 Å². The van der Waals surface area contributed by atoms with E-state index in [0.29, 0.717) is 72.4 Å². The Morgan fingerprint density at radius 1 is 1.00 bits per heavy atom. The predicted molar refractivity (Wildman–Crippen MR) is 155 cm³/mol. The molecule has 4 rings (SSSR count). The summed E-state index contributed by atoms with van der Waals surface area (Å²) in [6.07, 6.45) is -0.822. The molecule has 0 N–H and O–H groups in total. The smallest absolute Gasteiger partial charge is 0.368 e. The first-order valence-corrected chi connectivity index (χ1v) is 14.0. The molecule has 0 radical (unpaired) electrons. The summed E-state index contributed by atoms with van der Waals surface area (Å²) < 4.78 is 39.2. The first-order valence-electron chi connectivity index (χ1n) is 12.6. The van der Waals surface area contributed by atoms with Gasteiger partial charge in [-0.2, -0.15) is 13.2 Å². The number of rotatable bonds is 10. The maximum absolute atomic E-state index is 13.1. The highest BCUT2D eigenvalue weighted by Gasteiger charge is 2.31. The maximum Gasteiger partial charge on any atom is 0.416 e. The number of anilines is 2. The van der Waals surface area contributed by atoms with Crippen molar-refractivity contribution in [3.05, 3.63) is 102 Å². The third-order valence-electron chi connectivity index (χ3n) is 6.36. The van der Waals surface area contributed by atoms with Crippen LogP contribution in [0.2, 0.25) is 5.15 Å². The lowest BCUT2D eigenvalue weighted by Gasteiger charge is -2.36. The van der Waals surface area contributed by atoms with E-state index in [9.17, 15) is 18.0 Å². The van der Waals surface area contributed by atoms with E-state index < -0.39 is 11.7 Å². The van der Waals surface area contributed by atoms with Crippen LogP contribution in [0, 0.1) is 0 Å². The minimum atomic E-state index is -4.39. The van der Waals surface area contributed by atoms with E-state index in [1.165, 1.54) is 17.8 Å². The van der Waals surface area contributed by atoms with Crippen molar-refractivity contribution in [2.45, 2.75) is 17.1 Å². The molecular weight excluding hydrogens is 559 g/mol. The molecule has 6 nitrogen and oxygen atoms in total. The summed E-state index contributed by atoms with van der Waals surface area (Å²) in [4.78, 5) is 27.6. The van der Waals surface area contributed by atoms with E-state index >= 15 is 0 Å². The van der Waals surface area contributed by atoms with Crippen LogP contribution in [0.15, 0.2) is 85.1 Å². The molecule has 0 unspecified atom stereocenters. The van der Waals surface area contributed by atoms with Gasteiger partial charge < -0.3 is 14.7 Å². The third kappa shape index (κ3) is 7.57. The average molecular weight is 588 g/mol. The molecule has 3 aromatic rings. The van der Waals surface area contributed by atoms with E-state index in [0.717, 1.165) is 17.7 Å². The molecule has 11 heteroatoms. The van der Waals surface area contributed by atoms with Gasteiger partial charge in [0, 0.05) is 62.3 Å². The van der Waals surface area contributed by atoms with Gasteiger partial charge in [0.1, 0.15) is 11.0 Å². The third-order valence-corrected chi connectivity index (χ3v) is 7.47. The fraction of sp³-hybridized carbons (Fsp3) is 0.276. The lowest BCUT2D eigenvalue weighted by Crippen LogP contribution is -2.48. The second kappa shape index (κ2) is 13.2. The molecule has 1 aliphatic heterocycles. The number of hydrogen-bond donors (Lipinski definition) is 0. The van der Waals surface area contributed by atoms with Crippen LogP contribution in [0.3, 0.4) is 0 Å². The first-order chi connectivity index (χ1) is 19.2. The quantitative estimate of drug-likeness (QED) is 0.116. The van der Waals surface area contributed by atoms with Gasteiger partial charge in [-0.05, 0) is 35.9 Å². The van der Waals surface area contributed by atoms with Gasteiger partial charge in [-0.15, -0.1) is 13.2 Å². The maximum atomic E-state index is 13.1. The Hall–Kier alpha value is -3.50. The summed E-state index contributed by atoms with van der Waals surface area (Å²) in [5.41, 5.74) is 1.39. The van der Waals surface area contributed by atoms with E-state index in [1.54, 1.807) is 41.3 Å². The Balaban J connectivity index is 1.33. The van der Waals surface area contributed by atoms with Gasteiger partial charge in [0.15, 0.2) is 5.16 Å². The Labute approximate surface area is 241 Å². The molecule has 0 saturated carbocycles. The van der Waals surface area contributed by atoms with Gasteiger partial charge in [0.25, 0.3) is 5.91 Å². The molecular formula is C29H29ClF3N5OS. The van der Waals surface area contributed by atoms with Crippen molar-refractivity contribution in [3.63, 3.8) is 0 Å². The van der Waals surface area contributed by atoms with Gasteiger partial charge in [0.05, 0.1) is 5.56 Å². The van der Waals surface area contributed by atoms with Crippen LogP contribution in [-0.2, 0) is 11.9 Å². The number of benzene rings is 2. The van der Waals surface area contributed by atoms with Crippen molar-refractivity contribution in [1.29, 1.82) is 0 Å². The molecule has 2 heterocycles. The summed E-state index contributed by atoms with van der Waals surface area (Å²) in [5, 5.41) is 0.888. The van der Waals surface area contributed by atoms with Crippen molar-refractivity contribution >= 4 is 40.8 Å². The van der Waals surface area contributed by atoms with Crippen LogP contribution in [0.4, 0.5) is 24.7 Å². The molecule has 0 spiro atoms. The van der Waals surface area contributed by atoms with E-state index in [2.05, 4.69) is 23.1 Å². The van der Waals surface area contributed by atoms with Gasteiger partial charge >= 0.3 is 6.18 Å². The molecule has 1 amide bonds. The van der Waals surface area contributed by atoms with Crippen LogP contribution in [-0.4, -0.2) is 60.0 Å². The number of amides is 1. The van der Waals surface area contributed by atoms with Crippen LogP contribution in [0.1, 0.15) is 21.5 Å². The highest BCUT2D eigenvalue weighted by molar-refractivity contribution is 7.98. The molecule has 1 aromatic heterocycles. The molecule has 0 atom stereocenters. The van der Waals surface area contributed by atoms with Crippen LogP contribution < -0.4 is 9.80 Å². The normalized spacial score (nSPS) is 13.7. The van der Waals surface area contributed by atoms with Crippen molar-refractivity contribution in [1.82, 2.24) is 14.9 Å². The summed E-state index contributed by atoms with van der Waals surface area (Å²) in [7, 11) is 0. The Kier molecular flexibility index (Phi) is 9.76. The number of nitrogens with zero attached hydrogens (tertiary/aromatic N) is 5. The number of carbonyl (C=O) groups is 1. The lowest BCUT2D eigenvalue weighted by molar-refractivity contribution is -0.137. The Morgan fingerprint density at radius 3 is 2.30 bits per heavy atom. The van der Waals surface area contributed by atoms with Crippen molar-refractivity contribution < 1.29 is 18.0 Å². The number of halogens is 4. The van der Waals surface area contributed by atoms with Crippen molar-refractivity contribution in [2.24, 2.45) is 0 Å². The minimum Gasteiger partial charge on any atom is -0.368 e. The molecule has 2 aromatic carbocycles. The number of aromatic nitrogens is 2. The second-order valence-corrected chi connectivity index (χ2v) is 10.5. The zero-order valence-corrected chi connectivity index (χ0v) is 23.4. The monoisotopic (exact) mass is 587 g/mol. The Bertz CT molecular complexity index is 1330. The van der Waals surface area contributed by atoms with Gasteiger partial charge in [-0.1, -0.05) is 53.7 Å². The second-order valence-electron chi connectivity index (χ2n) is 9.13. The van der Waals surface area contributed by atoms with E-state index in [-0.39, 0.29) is 5.91 Å². The minimum absolute atomic E-state index is 0.102. The van der Waals surface area contributed by atoms with E-state index in [4.69, 9.17) is 11.6 Å². The number of thioether (sulfide) groups is 1. The summed E-state index contributed by atoms with van der Waals surface area (Å²) in [5.74, 6) is 1.18. The molecule has 210 valence electrons. The summed E-state index contributed by atoms with van der Waals surface area (Å²) in [6, 6.07) is 14.4. The molecule has 0 bridgehead atoms. The summed E-state index contributed by atoms with van der Waals surface area (Å²) >= 11 is 7.68. The SMILES string of the molecule is C=CCN(CC=C)c1cc(Cl)nc(SCc2ccc(C(=O)N3CCN(c4cccc(C(F)(F)F)c4)CC3)cc2)n1. The number of alkyl halides is 3. The van der Waals surface area contributed by atoms with Crippen LogP contribution in [0.25, 0.3) is 0 Å². The lowest BCUT2D eigenvalue weighted by atomic mass is 10.1. The predicted octanol–water partition coefficient (Wildman–Crippen LogP) is 6.58. The fourth-order valence-electron chi connectivity index (χ4n) is 4.31. The van der Waals surface area contributed by atoms with E-state index in [1.807, 2.05) is 21.9 Å². The van der Waals surface area contributed by atoms with Crippen LogP contribution in [0.5, 0.6) is 0 Å².